The zero-order valence-electron chi connectivity index (χ0n) is 9.20. The summed E-state index contributed by atoms with van der Waals surface area (Å²) in [4.78, 5) is 17.2. The van der Waals surface area contributed by atoms with E-state index in [0.29, 0.717) is 23.4 Å². The normalized spacial score (nSPS) is 20.7. The first-order chi connectivity index (χ1) is 8.06. The van der Waals surface area contributed by atoms with Gasteiger partial charge in [-0.2, -0.15) is 0 Å². The molecule has 1 aliphatic rings. The Hall–Kier alpha value is -0.840. The number of aromatic nitrogens is 1. The molecule has 1 fully saturated rings. The first-order valence-electron chi connectivity index (χ1n) is 5.39. The smallest absolute Gasteiger partial charge is 0.221 e. The van der Waals surface area contributed by atoms with Crippen LogP contribution in [0.25, 0.3) is 0 Å². The molecule has 0 radical (unpaired) electrons. The molecule has 1 unspecified atom stereocenters. The lowest BCUT2D eigenvalue weighted by Gasteiger charge is -2.15. The summed E-state index contributed by atoms with van der Waals surface area (Å²) in [5.41, 5.74) is 6.20. The second-order valence-corrected chi connectivity index (χ2v) is 4.95. The molecule has 0 saturated carbocycles. The molecule has 1 atom stereocenters. The number of halogens is 2. The Morgan fingerprint density at radius 3 is 2.88 bits per heavy atom. The average molecular weight is 274 g/mol. The SMILES string of the molecule is NC(=O)C1CCN(Cc2ccc(Cl)nc2Cl)C1. The highest BCUT2D eigenvalue weighted by molar-refractivity contribution is 6.32. The molecule has 2 N–H and O–H groups in total. The molecule has 0 aromatic carbocycles. The van der Waals surface area contributed by atoms with Gasteiger partial charge in [0.05, 0.1) is 5.92 Å². The minimum Gasteiger partial charge on any atom is -0.369 e. The minimum absolute atomic E-state index is 0.0472. The zero-order chi connectivity index (χ0) is 12.4. The van der Waals surface area contributed by atoms with Crippen LogP contribution >= 0.6 is 23.2 Å². The van der Waals surface area contributed by atoms with E-state index in [9.17, 15) is 4.79 Å². The Morgan fingerprint density at radius 2 is 2.29 bits per heavy atom. The van der Waals surface area contributed by atoms with Gasteiger partial charge in [0.25, 0.3) is 0 Å². The number of carbonyl (C=O) groups is 1. The van der Waals surface area contributed by atoms with Crippen molar-refractivity contribution < 1.29 is 4.79 Å². The molecule has 1 aromatic heterocycles. The van der Waals surface area contributed by atoms with Crippen molar-refractivity contribution in [1.29, 1.82) is 0 Å². The van der Waals surface area contributed by atoms with Gasteiger partial charge in [-0.15, -0.1) is 0 Å². The van der Waals surface area contributed by atoms with Crippen LogP contribution < -0.4 is 5.73 Å². The Morgan fingerprint density at radius 1 is 1.53 bits per heavy atom. The third-order valence-electron chi connectivity index (χ3n) is 2.96. The Kier molecular flexibility index (Phi) is 3.86. The quantitative estimate of drug-likeness (QED) is 0.853. The van der Waals surface area contributed by atoms with E-state index in [1.807, 2.05) is 6.07 Å². The number of rotatable bonds is 3. The van der Waals surface area contributed by atoms with Crippen molar-refractivity contribution in [3.63, 3.8) is 0 Å². The standard InChI is InChI=1S/C11H13Cl2N3O/c12-9-2-1-7(10(13)15-9)5-16-4-3-8(6-16)11(14)17/h1-2,8H,3-6H2,(H2,14,17). The summed E-state index contributed by atoms with van der Waals surface area (Å²) < 4.78 is 0. The molecule has 1 aromatic rings. The topological polar surface area (TPSA) is 59.2 Å². The van der Waals surface area contributed by atoms with Crippen LogP contribution in [0.5, 0.6) is 0 Å². The Balaban J connectivity index is 2.00. The molecule has 4 nitrogen and oxygen atoms in total. The van der Waals surface area contributed by atoms with Crippen molar-refractivity contribution in [2.24, 2.45) is 11.7 Å². The fourth-order valence-electron chi connectivity index (χ4n) is 2.01. The molecule has 0 aliphatic carbocycles. The van der Waals surface area contributed by atoms with Gasteiger partial charge in [0, 0.05) is 18.7 Å². The van der Waals surface area contributed by atoms with E-state index in [1.165, 1.54) is 0 Å². The second-order valence-electron chi connectivity index (χ2n) is 4.21. The number of hydrogen-bond donors (Lipinski definition) is 1. The Labute approximate surface area is 110 Å². The van der Waals surface area contributed by atoms with Crippen LogP contribution in [0.1, 0.15) is 12.0 Å². The van der Waals surface area contributed by atoms with E-state index in [4.69, 9.17) is 28.9 Å². The monoisotopic (exact) mass is 273 g/mol. The number of amides is 1. The molecule has 0 bridgehead atoms. The van der Waals surface area contributed by atoms with Crippen molar-refractivity contribution in [3.05, 3.63) is 28.0 Å². The number of likely N-dealkylation sites (tertiary alicyclic amines) is 1. The van der Waals surface area contributed by atoms with Crippen molar-refractivity contribution >= 4 is 29.1 Å². The van der Waals surface area contributed by atoms with Crippen molar-refractivity contribution in [3.8, 4) is 0 Å². The molecular formula is C11H13Cl2N3O. The molecule has 1 saturated heterocycles. The van der Waals surface area contributed by atoms with Crippen molar-refractivity contribution in [2.45, 2.75) is 13.0 Å². The maximum absolute atomic E-state index is 11.1. The maximum Gasteiger partial charge on any atom is 0.221 e. The van der Waals surface area contributed by atoms with E-state index in [1.54, 1.807) is 6.07 Å². The number of primary amides is 1. The van der Waals surface area contributed by atoms with Gasteiger partial charge in [-0.05, 0) is 19.0 Å². The van der Waals surface area contributed by atoms with Gasteiger partial charge < -0.3 is 5.73 Å². The fraction of sp³-hybridized carbons (Fsp3) is 0.455. The van der Waals surface area contributed by atoms with E-state index < -0.39 is 0 Å². The van der Waals surface area contributed by atoms with Crippen LogP contribution in [0.15, 0.2) is 12.1 Å². The lowest BCUT2D eigenvalue weighted by Crippen LogP contribution is -2.27. The first kappa shape index (κ1) is 12.6. The summed E-state index contributed by atoms with van der Waals surface area (Å²) in [6.07, 6.45) is 0.813. The maximum atomic E-state index is 11.1. The molecule has 0 spiro atoms. The molecule has 2 rings (SSSR count). The molecule has 17 heavy (non-hydrogen) atoms. The number of carbonyl (C=O) groups excluding carboxylic acids is 1. The fourth-order valence-corrected chi connectivity index (χ4v) is 2.41. The van der Waals surface area contributed by atoms with E-state index >= 15 is 0 Å². The van der Waals surface area contributed by atoms with Crippen LogP contribution in [0.3, 0.4) is 0 Å². The molecule has 6 heteroatoms. The third-order valence-corrected chi connectivity index (χ3v) is 3.50. The number of pyridine rings is 1. The molecular weight excluding hydrogens is 261 g/mol. The molecule has 2 heterocycles. The Bertz CT molecular complexity index is 439. The van der Waals surface area contributed by atoms with Crippen LogP contribution in [0, 0.1) is 5.92 Å². The first-order valence-corrected chi connectivity index (χ1v) is 6.14. The predicted octanol–water partition coefficient (Wildman–Crippen LogP) is 1.70. The number of nitrogens with two attached hydrogens (primary N) is 1. The summed E-state index contributed by atoms with van der Waals surface area (Å²) in [7, 11) is 0. The number of nitrogens with zero attached hydrogens (tertiary/aromatic N) is 2. The van der Waals surface area contributed by atoms with E-state index in [-0.39, 0.29) is 11.8 Å². The highest BCUT2D eigenvalue weighted by atomic mass is 35.5. The summed E-state index contributed by atoms with van der Waals surface area (Å²) in [5.74, 6) is -0.276. The summed E-state index contributed by atoms with van der Waals surface area (Å²) >= 11 is 11.7. The van der Waals surface area contributed by atoms with Crippen LogP contribution in [0.2, 0.25) is 10.3 Å². The predicted molar refractivity (Wildman–Crippen MR) is 66.8 cm³/mol. The van der Waals surface area contributed by atoms with E-state index in [2.05, 4.69) is 9.88 Å². The summed E-state index contributed by atoms with van der Waals surface area (Å²) in [5, 5.41) is 0.801. The lowest BCUT2D eigenvalue weighted by atomic mass is 10.1. The van der Waals surface area contributed by atoms with Gasteiger partial charge in [-0.1, -0.05) is 29.3 Å². The highest BCUT2D eigenvalue weighted by Gasteiger charge is 2.26. The van der Waals surface area contributed by atoms with Crippen LogP contribution in [0.4, 0.5) is 0 Å². The number of hydrogen-bond acceptors (Lipinski definition) is 3. The highest BCUT2D eigenvalue weighted by Crippen LogP contribution is 2.22. The lowest BCUT2D eigenvalue weighted by molar-refractivity contribution is -0.121. The summed E-state index contributed by atoms with van der Waals surface area (Å²) in [6.45, 7) is 2.22. The van der Waals surface area contributed by atoms with Crippen molar-refractivity contribution in [1.82, 2.24) is 9.88 Å². The van der Waals surface area contributed by atoms with Crippen LogP contribution in [-0.2, 0) is 11.3 Å². The second kappa shape index (κ2) is 5.21. The minimum atomic E-state index is -0.229. The van der Waals surface area contributed by atoms with Gasteiger partial charge >= 0.3 is 0 Å². The molecule has 92 valence electrons. The van der Waals surface area contributed by atoms with Crippen LogP contribution in [-0.4, -0.2) is 28.9 Å². The summed E-state index contributed by atoms with van der Waals surface area (Å²) in [6, 6.07) is 3.57. The van der Waals surface area contributed by atoms with Crippen molar-refractivity contribution in [2.75, 3.05) is 13.1 Å². The van der Waals surface area contributed by atoms with E-state index in [0.717, 1.165) is 18.5 Å². The third kappa shape index (κ3) is 3.09. The molecule has 1 aliphatic heterocycles. The van der Waals surface area contributed by atoms with Gasteiger partial charge in [-0.3, -0.25) is 9.69 Å². The van der Waals surface area contributed by atoms with Gasteiger partial charge in [0.1, 0.15) is 10.3 Å². The van der Waals surface area contributed by atoms with Gasteiger partial charge in [-0.25, -0.2) is 4.98 Å². The zero-order valence-corrected chi connectivity index (χ0v) is 10.7. The molecule has 1 amide bonds. The largest absolute Gasteiger partial charge is 0.369 e. The average Bonchev–Trinajstić information content (AvgIpc) is 2.71. The van der Waals surface area contributed by atoms with Gasteiger partial charge in [0.15, 0.2) is 0 Å². The van der Waals surface area contributed by atoms with Gasteiger partial charge in [0.2, 0.25) is 5.91 Å².